The molecule has 0 unspecified atom stereocenters. The lowest BCUT2D eigenvalue weighted by Crippen LogP contribution is -1.92. The number of ether oxygens (including phenoxy) is 1. The monoisotopic (exact) mass is 335 g/mol. The van der Waals surface area contributed by atoms with E-state index in [0.29, 0.717) is 11.3 Å². The molecule has 0 fully saturated rings. The van der Waals surface area contributed by atoms with Crippen molar-refractivity contribution in [2.45, 2.75) is 6.92 Å². The lowest BCUT2D eigenvalue weighted by molar-refractivity contribution is 0.474. The summed E-state index contributed by atoms with van der Waals surface area (Å²) in [5.41, 5.74) is 1.52. The maximum absolute atomic E-state index is 9.06. The Labute approximate surface area is 114 Å². The molecular formula is C14H10INO. The van der Waals surface area contributed by atoms with E-state index >= 15 is 0 Å². The summed E-state index contributed by atoms with van der Waals surface area (Å²) >= 11 is 2.21. The zero-order valence-corrected chi connectivity index (χ0v) is 11.4. The van der Waals surface area contributed by atoms with Crippen molar-refractivity contribution in [3.05, 3.63) is 57.2 Å². The Morgan fingerprint density at radius 3 is 2.59 bits per heavy atom. The highest BCUT2D eigenvalue weighted by molar-refractivity contribution is 14.1. The molecule has 0 N–H and O–H groups in total. The fourth-order valence-corrected chi connectivity index (χ4v) is 2.01. The van der Waals surface area contributed by atoms with Gasteiger partial charge in [0.25, 0.3) is 0 Å². The summed E-state index contributed by atoms with van der Waals surface area (Å²) in [5, 5.41) is 9.06. The Bertz CT molecular complexity index is 587. The van der Waals surface area contributed by atoms with Crippen LogP contribution in [0.1, 0.15) is 11.1 Å². The van der Waals surface area contributed by atoms with Crippen LogP contribution in [0.25, 0.3) is 0 Å². The molecule has 3 heteroatoms. The van der Waals surface area contributed by atoms with Crippen LogP contribution in [0.4, 0.5) is 0 Å². The lowest BCUT2D eigenvalue weighted by Gasteiger charge is -2.11. The predicted octanol–water partition coefficient (Wildman–Crippen LogP) is 4.26. The highest BCUT2D eigenvalue weighted by Gasteiger charge is 2.09. The number of rotatable bonds is 2. The Hall–Kier alpha value is -1.54. The van der Waals surface area contributed by atoms with Crippen LogP contribution >= 0.6 is 22.6 Å². The Morgan fingerprint density at radius 1 is 1.12 bits per heavy atom. The fraction of sp³-hybridized carbons (Fsp3) is 0.0714. The van der Waals surface area contributed by atoms with E-state index in [9.17, 15) is 0 Å². The van der Waals surface area contributed by atoms with Crippen molar-refractivity contribution in [1.29, 1.82) is 5.26 Å². The zero-order chi connectivity index (χ0) is 12.3. The maximum atomic E-state index is 9.06. The maximum Gasteiger partial charge on any atom is 0.148 e. The number of halogens is 1. The van der Waals surface area contributed by atoms with Crippen LogP contribution < -0.4 is 4.74 Å². The third kappa shape index (κ3) is 2.59. The molecule has 0 aliphatic rings. The third-order valence-electron chi connectivity index (χ3n) is 2.38. The first-order valence-electron chi connectivity index (χ1n) is 5.14. The van der Waals surface area contributed by atoms with Crippen LogP contribution in [-0.4, -0.2) is 0 Å². The van der Waals surface area contributed by atoms with Crippen LogP contribution in [0.5, 0.6) is 11.5 Å². The van der Waals surface area contributed by atoms with Crippen molar-refractivity contribution in [3.8, 4) is 17.6 Å². The number of para-hydroxylation sites is 2. The highest BCUT2D eigenvalue weighted by atomic mass is 127. The van der Waals surface area contributed by atoms with Crippen LogP contribution in [0, 0.1) is 21.8 Å². The second-order valence-corrected chi connectivity index (χ2v) is 4.76. The van der Waals surface area contributed by atoms with Gasteiger partial charge in [0.15, 0.2) is 0 Å². The minimum Gasteiger partial charge on any atom is -0.455 e. The van der Waals surface area contributed by atoms with Crippen molar-refractivity contribution < 1.29 is 4.74 Å². The van der Waals surface area contributed by atoms with Crippen molar-refractivity contribution in [2.75, 3.05) is 0 Å². The van der Waals surface area contributed by atoms with Crippen LogP contribution in [0.2, 0.25) is 0 Å². The molecule has 2 aromatic rings. The number of nitriles is 1. The van der Waals surface area contributed by atoms with Gasteiger partial charge in [0.2, 0.25) is 0 Å². The molecule has 2 rings (SSSR count). The topological polar surface area (TPSA) is 33.0 Å². The molecule has 0 spiro atoms. The van der Waals surface area contributed by atoms with Gasteiger partial charge in [-0.2, -0.15) is 5.26 Å². The van der Waals surface area contributed by atoms with Gasteiger partial charge < -0.3 is 4.74 Å². The SMILES string of the molecule is Cc1cccc(C#N)c1Oc1ccccc1I. The van der Waals surface area contributed by atoms with Crippen LogP contribution in [0.15, 0.2) is 42.5 Å². The molecular weight excluding hydrogens is 325 g/mol. The Balaban J connectivity index is 2.44. The second-order valence-electron chi connectivity index (χ2n) is 3.60. The number of nitrogens with zero attached hydrogens (tertiary/aromatic N) is 1. The van der Waals surface area contributed by atoms with E-state index in [1.807, 2.05) is 43.3 Å². The first-order valence-corrected chi connectivity index (χ1v) is 6.22. The van der Waals surface area contributed by atoms with Crippen molar-refractivity contribution in [3.63, 3.8) is 0 Å². The molecule has 2 aromatic carbocycles. The number of hydrogen-bond acceptors (Lipinski definition) is 2. The quantitative estimate of drug-likeness (QED) is 0.768. The van der Waals surface area contributed by atoms with Gasteiger partial charge in [0.05, 0.1) is 9.13 Å². The van der Waals surface area contributed by atoms with Crippen LogP contribution in [0.3, 0.4) is 0 Å². The molecule has 17 heavy (non-hydrogen) atoms. The molecule has 0 aliphatic heterocycles. The van der Waals surface area contributed by atoms with Gasteiger partial charge in [-0.25, -0.2) is 0 Å². The molecule has 0 radical (unpaired) electrons. The fourth-order valence-electron chi connectivity index (χ4n) is 1.51. The van der Waals surface area contributed by atoms with E-state index < -0.39 is 0 Å². The summed E-state index contributed by atoms with van der Waals surface area (Å²) in [4.78, 5) is 0. The third-order valence-corrected chi connectivity index (χ3v) is 3.27. The second kappa shape index (κ2) is 5.19. The molecule has 0 amide bonds. The summed E-state index contributed by atoms with van der Waals surface area (Å²) in [5.74, 6) is 1.41. The van der Waals surface area contributed by atoms with Gasteiger partial charge in [-0.15, -0.1) is 0 Å². The number of benzene rings is 2. The van der Waals surface area contributed by atoms with E-state index in [1.54, 1.807) is 6.07 Å². The van der Waals surface area contributed by atoms with E-state index in [0.717, 1.165) is 14.9 Å². The normalized spacial score (nSPS) is 9.71. The largest absolute Gasteiger partial charge is 0.455 e. The summed E-state index contributed by atoms with van der Waals surface area (Å²) in [6, 6.07) is 15.5. The smallest absolute Gasteiger partial charge is 0.148 e. The summed E-state index contributed by atoms with van der Waals surface area (Å²) in [6.45, 7) is 1.94. The zero-order valence-electron chi connectivity index (χ0n) is 9.27. The Morgan fingerprint density at radius 2 is 1.88 bits per heavy atom. The van der Waals surface area contributed by atoms with Crippen molar-refractivity contribution in [1.82, 2.24) is 0 Å². The molecule has 0 saturated carbocycles. The summed E-state index contributed by atoms with van der Waals surface area (Å²) in [7, 11) is 0. The van der Waals surface area contributed by atoms with E-state index in [1.165, 1.54) is 0 Å². The Kier molecular flexibility index (Phi) is 3.64. The van der Waals surface area contributed by atoms with E-state index in [-0.39, 0.29) is 0 Å². The number of hydrogen-bond donors (Lipinski definition) is 0. The summed E-state index contributed by atoms with van der Waals surface area (Å²) < 4.78 is 6.86. The predicted molar refractivity (Wildman–Crippen MR) is 75.1 cm³/mol. The van der Waals surface area contributed by atoms with Gasteiger partial charge in [-0.05, 0) is 53.3 Å². The first-order chi connectivity index (χ1) is 8.22. The van der Waals surface area contributed by atoms with Gasteiger partial charge in [0, 0.05) is 0 Å². The molecule has 0 aliphatic carbocycles. The highest BCUT2D eigenvalue weighted by Crippen LogP contribution is 2.31. The summed E-state index contributed by atoms with van der Waals surface area (Å²) in [6.07, 6.45) is 0. The standard InChI is InChI=1S/C14H10INO/c1-10-5-4-6-11(9-16)14(10)17-13-8-3-2-7-12(13)15/h2-8H,1H3. The molecule has 84 valence electrons. The number of aryl methyl sites for hydroxylation is 1. The lowest BCUT2D eigenvalue weighted by atomic mass is 10.1. The van der Waals surface area contributed by atoms with E-state index in [4.69, 9.17) is 10.00 Å². The molecule has 2 nitrogen and oxygen atoms in total. The van der Waals surface area contributed by atoms with Gasteiger partial charge in [-0.3, -0.25) is 0 Å². The molecule has 0 aromatic heterocycles. The van der Waals surface area contributed by atoms with Crippen LogP contribution in [-0.2, 0) is 0 Å². The first kappa shape index (κ1) is 11.9. The van der Waals surface area contributed by atoms with Gasteiger partial charge in [-0.1, -0.05) is 24.3 Å². The average Bonchev–Trinajstić information content (AvgIpc) is 2.34. The minimum atomic E-state index is 0.560. The molecule has 0 bridgehead atoms. The molecule has 0 saturated heterocycles. The van der Waals surface area contributed by atoms with Crippen molar-refractivity contribution >= 4 is 22.6 Å². The molecule has 0 atom stereocenters. The van der Waals surface area contributed by atoms with Gasteiger partial charge in [0.1, 0.15) is 17.6 Å². The van der Waals surface area contributed by atoms with Gasteiger partial charge >= 0.3 is 0 Å². The minimum absolute atomic E-state index is 0.560. The molecule has 0 heterocycles. The van der Waals surface area contributed by atoms with Crippen molar-refractivity contribution in [2.24, 2.45) is 0 Å². The average molecular weight is 335 g/mol. The van der Waals surface area contributed by atoms with E-state index in [2.05, 4.69) is 28.7 Å².